The van der Waals surface area contributed by atoms with Crippen LogP contribution in [0.5, 0.6) is 0 Å². The summed E-state index contributed by atoms with van der Waals surface area (Å²) < 4.78 is 2.33. The number of rotatable bonds is 6. The standard InChI is InChI=1S/C8H18N2OS/c1-3-5-10(6-4-2)7-8(11)9-12/h12H,3-7H2,1-2H3,(H,9,11). The summed E-state index contributed by atoms with van der Waals surface area (Å²) in [5.74, 6) is -0.0276. The van der Waals surface area contributed by atoms with Crippen LogP contribution in [0.3, 0.4) is 0 Å². The van der Waals surface area contributed by atoms with Gasteiger partial charge in [0.2, 0.25) is 5.91 Å². The normalized spacial score (nSPS) is 10.3. The number of hydrogen-bond donors (Lipinski definition) is 2. The molecule has 72 valence electrons. The highest BCUT2D eigenvalue weighted by Crippen LogP contribution is 1.93. The molecule has 12 heavy (non-hydrogen) atoms. The van der Waals surface area contributed by atoms with E-state index in [1.807, 2.05) is 0 Å². The molecule has 0 aromatic carbocycles. The summed E-state index contributed by atoms with van der Waals surface area (Å²) in [6, 6.07) is 0. The second kappa shape index (κ2) is 7.43. The Kier molecular flexibility index (Phi) is 7.29. The third-order valence-corrected chi connectivity index (χ3v) is 1.82. The first-order valence-electron chi connectivity index (χ1n) is 4.39. The maximum Gasteiger partial charge on any atom is 0.243 e. The van der Waals surface area contributed by atoms with Crippen LogP contribution in [0.25, 0.3) is 0 Å². The molecule has 1 N–H and O–H groups in total. The molecule has 0 bridgehead atoms. The van der Waals surface area contributed by atoms with Gasteiger partial charge in [0.25, 0.3) is 0 Å². The number of thiol groups is 1. The van der Waals surface area contributed by atoms with Crippen LogP contribution in [0.4, 0.5) is 0 Å². The average molecular weight is 190 g/mol. The molecule has 0 heterocycles. The molecule has 0 rings (SSSR count). The fraction of sp³-hybridized carbons (Fsp3) is 0.875. The molecule has 3 nitrogen and oxygen atoms in total. The van der Waals surface area contributed by atoms with Crippen molar-refractivity contribution in [1.82, 2.24) is 9.62 Å². The first-order valence-corrected chi connectivity index (χ1v) is 4.84. The average Bonchev–Trinajstić information content (AvgIpc) is 2.05. The number of carbonyl (C=O) groups excluding carboxylic acids is 1. The third-order valence-electron chi connectivity index (χ3n) is 1.57. The van der Waals surface area contributed by atoms with Gasteiger partial charge in [-0.05, 0) is 25.9 Å². The molecule has 0 aliphatic carbocycles. The summed E-state index contributed by atoms with van der Waals surface area (Å²) in [5.41, 5.74) is 0. The summed E-state index contributed by atoms with van der Waals surface area (Å²) in [6.45, 7) is 6.65. The lowest BCUT2D eigenvalue weighted by molar-refractivity contribution is -0.120. The minimum atomic E-state index is -0.0276. The van der Waals surface area contributed by atoms with Gasteiger partial charge in [-0.1, -0.05) is 26.7 Å². The molecular weight excluding hydrogens is 172 g/mol. The highest BCUT2D eigenvalue weighted by Gasteiger charge is 2.06. The predicted molar refractivity (Wildman–Crippen MR) is 54.2 cm³/mol. The van der Waals surface area contributed by atoms with Crippen molar-refractivity contribution in [3.05, 3.63) is 0 Å². The van der Waals surface area contributed by atoms with Crippen molar-refractivity contribution in [3.8, 4) is 0 Å². The van der Waals surface area contributed by atoms with Crippen LogP contribution in [0, 0.1) is 0 Å². The van der Waals surface area contributed by atoms with Gasteiger partial charge >= 0.3 is 0 Å². The van der Waals surface area contributed by atoms with Gasteiger partial charge in [-0.25, -0.2) is 0 Å². The van der Waals surface area contributed by atoms with Crippen molar-refractivity contribution in [3.63, 3.8) is 0 Å². The molecule has 0 aliphatic rings. The smallest absolute Gasteiger partial charge is 0.243 e. The number of amides is 1. The Hall–Kier alpha value is -0.220. The lowest BCUT2D eigenvalue weighted by Gasteiger charge is -2.19. The van der Waals surface area contributed by atoms with E-state index in [9.17, 15) is 4.79 Å². The second-order valence-electron chi connectivity index (χ2n) is 2.81. The van der Waals surface area contributed by atoms with Crippen LogP contribution in [-0.4, -0.2) is 30.4 Å². The van der Waals surface area contributed by atoms with Crippen LogP contribution in [0.15, 0.2) is 0 Å². The summed E-state index contributed by atoms with van der Waals surface area (Å²) >= 11 is 3.70. The van der Waals surface area contributed by atoms with Crippen molar-refractivity contribution in [2.24, 2.45) is 0 Å². The van der Waals surface area contributed by atoms with Gasteiger partial charge in [0.1, 0.15) is 0 Å². The van der Waals surface area contributed by atoms with Crippen LogP contribution < -0.4 is 4.72 Å². The van der Waals surface area contributed by atoms with Gasteiger partial charge in [-0.2, -0.15) is 0 Å². The quantitative estimate of drug-likeness (QED) is 0.614. The van der Waals surface area contributed by atoms with Crippen molar-refractivity contribution in [2.75, 3.05) is 19.6 Å². The van der Waals surface area contributed by atoms with E-state index >= 15 is 0 Å². The number of nitrogens with one attached hydrogen (secondary N) is 1. The van der Waals surface area contributed by atoms with Crippen LogP contribution >= 0.6 is 12.8 Å². The van der Waals surface area contributed by atoms with E-state index in [0.29, 0.717) is 6.54 Å². The lowest BCUT2D eigenvalue weighted by atomic mass is 10.3. The molecule has 0 aromatic rings. The van der Waals surface area contributed by atoms with Crippen molar-refractivity contribution in [1.29, 1.82) is 0 Å². The molecule has 0 radical (unpaired) electrons. The van der Waals surface area contributed by atoms with Crippen LogP contribution in [0.1, 0.15) is 26.7 Å². The van der Waals surface area contributed by atoms with E-state index in [1.165, 1.54) is 0 Å². The van der Waals surface area contributed by atoms with Gasteiger partial charge in [0.05, 0.1) is 6.54 Å². The fourth-order valence-corrected chi connectivity index (χ4v) is 1.21. The third kappa shape index (κ3) is 5.43. The minimum Gasteiger partial charge on any atom is -0.302 e. The van der Waals surface area contributed by atoms with Gasteiger partial charge in [-0.3, -0.25) is 9.69 Å². The largest absolute Gasteiger partial charge is 0.302 e. The maximum absolute atomic E-state index is 10.9. The van der Waals surface area contributed by atoms with Crippen LogP contribution in [-0.2, 0) is 4.79 Å². The first kappa shape index (κ1) is 11.8. The summed E-state index contributed by atoms with van der Waals surface area (Å²) in [5, 5.41) is 0. The number of carbonyl (C=O) groups is 1. The number of hydrogen-bond acceptors (Lipinski definition) is 3. The zero-order valence-electron chi connectivity index (χ0n) is 7.84. The van der Waals surface area contributed by atoms with Gasteiger partial charge in [0.15, 0.2) is 0 Å². The molecule has 4 heteroatoms. The Morgan fingerprint density at radius 1 is 1.33 bits per heavy atom. The Balaban J connectivity index is 3.68. The Bertz CT molecular complexity index is 124. The molecule has 0 saturated heterocycles. The zero-order valence-corrected chi connectivity index (χ0v) is 8.73. The molecule has 0 fully saturated rings. The molecule has 0 saturated carbocycles. The molecule has 0 unspecified atom stereocenters. The summed E-state index contributed by atoms with van der Waals surface area (Å²) in [7, 11) is 0. The van der Waals surface area contributed by atoms with E-state index in [-0.39, 0.29) is 5.91 Å². The van der Waals surface area contributed by atoms with Gasteiger partial charge in [0, 0.05) is 0 Å². The summed E-state index contributed by atoms with van der Waals surface area (Å²) in [6.07, 6.45) is 2.17. The van der Waals surface area contributed by atoms with E-state index < -0.39 is 0 Å². The molecule has 0 atom stereocenters. The lowest BCUT2D eigenvalue weighted by Crippen LogP contribution is -2.35. The molecule has 1 amide bonds. The maximum atomic E-state index is 10.9. The summed E-state index contributed by atoms with van der Waals surface area (Å²) in [4.78, 5) is 13.1. The molecule has 0 spiro atoms. The predicted octanol–water partition coefficient (Wildman–Crippen LogP) is 1.07. The van der Waals surface area contributed by atoms with Crippen LogP contribution in [0.2, 0.25) is 0 Å². The van der Waals surface area contributed by atoms with Gasteiger partial charge < -0.3 is 4.72 Å². The van der Waals surface area contributed by atoms with E-state index in [4.69, 9.17) is 0 Å². The highest BCUT2D eigenvalue weighted by molar-refractivity contribution is 7.78. The van der Waals surface area contributed by atoms with E-state index in [1.54, 1.807) is 0 Å². The molecule has 0 aliphatic heterocycles. The topological polar surface area (TPSA) is 32.3 Å². The van der Waals surface area contributed by atoms with Gasteiger partial charge in [-0.15, -0.1) is 0 Å². The van der Waals surface area contributed by atoms with E-state index in [0.717, 1.165) is 25.9 Å². The Morgan fingerprint density at radius 2 is 1.83 bits per heavy atom. The SMILES string of the molecule is CCCN(CCC)CC(=O)NS. The van der Waals surface area contributed by atoms with Crippen molar-refractivity contribution >= 4 is 18.7 Å². The first-order chi connectivity index (χ1) is 5.74. The minimum absolute atomic E-state index is 0.0276. The Morgan fingerprint density at radius 3 is 2.17 bits per heavy atom. The van der Waals surface area contributed by atoms with E-state index in [2.05, 4.69) is 36.3 Å². The zero-order chi connectivity index (χ0) is 9.40. The Labute approximate surface area is 80.1 Å². The highest BCUT2D eigenvalue weighted by atomic mass is 32.1. The molecular formula is C8H18N2OS. The number of nitrogens with zero attached hydrogens (tertiary/aromatic N) is 1. The molecule has 0 aromatic heterocycles. The fourth-order valence-electron chi connectivity index (χ4n) is 1.14. The monoisotopic (exact) mass is 190 g/mol. The van der Waals surface area contributed by atoms with Crippen molar-refractivity contribution in [2.45, 2.75) is 26.7 Å². The second-order valence-corrected chi connectivity index (χ2v) is 3.03. The van der Waals surface area contributed by atoms with Crippen molar-refractivity contribution < 1.29 is 4.79 Å².